The van der Waals surface area contributed by atoms with Crippen LogP contribution in [0.3, 0.4) is 0 Å². The van der Waals surface area contributed by atoms with Crippen molar-refractivity contribution in [1.82, 2.24) is 14.8 Å². The molecule has 2 heterocycles. The summed E-state index contributed by atoms with van der Waals surface area (Å²) in [5, 5.41) is 4.12. The van der Waals surface area contributed by atoms with Gasteiger partial charge < -0.3 is 15.6 Å². The third-order valence-electron chi connectivity index (χ3n) is 5.64. The van der Waals surface area contributed by atoms with E-state index in [0.29, 0.717) is 6.04 Å². The third-order valence-corrected chi connectivity index (χ3v) is 5.64. The van der Waals surface area contributed by atoms with Gasteiger partial charge in [-0.25, -0.2) is 0 Å². The Balaban J connectivity index is 1.84. The van der Waals surface area contributed by atoms with Crippen molar-refractivity contribution in [2.75, 3.05) is 13.1 Å². The van der Waals surface area contributed by atoms with Gasteiger partial charge in [-0.2, -0.15) is 0 Å². The van der Waals surface area contributed by atoms with Crippen LogP contribution in [0.4, 0.5) is 0 Å². The number of amides is 2. The summed E-state index contributed by atoms with van der Waals surface area (Å²) in [4.78, 5) is 25.3. The van der Waals surface area contributed by atoms with Crippen LogP contribution in [0, 0.1) is 6.92 Å². The molecule has 1 aliphatic rings. The van der Waals surface area contributed by atoms with Crippen molar-refractivity contribution >= 4 is 22.7 Å². The number of nitrogens with zero attached hydrogens (tertiary/aromatic N) is 2. The van der Waals surface area contributed by atoms with Crippen LogP contribution < -0.4 is 11.1 Å². The first-order valence-corrected chi connectivity index (χ1v) is 9.81. The highest BCUT2D eigenvalue weighted by molar-refractivity contribution is 5.87. The number of piperidine rings is 1. The number of fused-ring (bicyclic) bond motifs is 1. The standard InChI is InChI=1S/C21H30N4O2/c1-15-19(18-8-3-4-9-20(18)25(15)14-21(22)27)13-24-12-6-5-7-17(24)10-11-23-16(2)26/h3-4,8-9,17H,5-7,10-14H2,1-2H3,(H2,22,27)(H,23,26)/t17-/m0/s1. The monoisotopic (exact) mass is 370 g/mol. The number of nitrogens with one attached hydrogen (secondary N) is 1. The van der Waals surface area contributed by atoms with E-state index in [0.717, 1.165) is 37.3 Å². The Kier molecular flexibility index (Phi) is 6.16. The van der Waals surface area contributed by atoms with Crippen LogP contribution in [0.1, 0.15) is 43.9 Å². The van der Waals surface area contributed by atoms with E-state index < -0.39 is 0 Å². The number of nitrogens with two attached hydrogens (primary N) is 1. The molecule has 1 aromatic heterocycles. The summed E-state index contributed by atoms with van der Waals surface area (Å²) in [6.45, 7) is 6.50. The molecule has 6 nitrogen and oxygen atoms in total. The molecule has 0 aliphatic carbocycles. The Labute approximate surface area is 160 Å². The lowest BCUT2D eigenvalue weighted by molar-refractivity contribution is -0.119. The minimum Gasteiger partial charge on any atom is -0.368 e. The minimum absolute atomic E-state index is 0.0303. The molecule has 1 atom stereocenters. The van der Waals surface area contributed by atoms with Crippen molar-refractivity contribution < 1.29 is 9.59 Å². The van der Waals surface area contributed by atoms with Gasteiger partial charge in [-0.1, -0.05) is 24.6 Å². The number of carbonyl (C=O) groups excluding carboxylic acids is 2. The summed E-state index contributed by atoms with van der Waals surface area (Å²) in [7, 11) is 0. The number of rotatable bonds is 7. The maximum absolute atomic E-state index is 11.5. The molecule has 1 aromatic carbocycles. The van der Waals surface area contributed by atoms with Crippen molar-refractivity contribution in [2.45, 2.75) is 58.7 Å². The molecule has 0 bridgehead atoms. The van der Waals surface area contributed by atoms with Crippen molar-refractivity contribution in [3.05, 3.63) is 35.5 Å². The van der Waals surface area contributed by atoms with Crippen LogP contribution in [0.15, 0.2) is 24.3 Å². The largest absolute Gasteiger partial charge is 0.368 e. The second-order valence-electron chi connectivity index (χ2n) is 7.53. The molecule has 6 heteroatoms. The summed E-state index contributed by atoms with van der Waals surface area (Å²) in [6, 6.07) is 8.71. The van der Waals surface area contributed by atoms with E-state index in [4.69, 9.17) is 5.73 Å². The van der Waals surface area contributed by atoms with Gasteiger partial charge in [0.15, 0.2) is 0 Å². The molecule has 1 fully saturated rings. The lowest BCUT2D eigenvalue weighted by atomic mass is 9.98. The predicted molar refractivity (Wildman–Crippen MR) is 107 cm³/mol. The second kappa shape index (κ2) is 8.57. The van der Waals surface area contributed by atoms with Crippen LogP contribution in [0.25, 0.3) is 10.9 Å². The Morgan fingerprint density at radius 2 is 2.04 bits per heavy atom. The predicted octanol–water partition coefficient (Wildman–Crippen LogP) is 2.32. The lowest BCUT2D eigenvalue weighted by Gasteiger charge is -2.36. The van der Waals surface area contributed by atoms with E-state index >= 15 is 0 Å². The molecule has 0 unspecified atom stereocenters. The number of para-hydroxylation sites is 1. The molecular weight excluding hydrogens is 340 g/mol. The van der Waals surface area contributed by atoms with E-state index in [1.165, 1.54) is 30.2 Å². The SMILES string of the molecule is CC(=O)NCC[C@@H]1CCCCN1Cc1c(C)n(CC(N)=O)c2ccccc12. The van der Waals surface area contributed by atoms with Gasteiger partial charge in [0.2, 0.25) is 11.8 Å². The Hall–Kier alpha value is -2.34. The summed E-state index contributed by atoms with van der Waals surface area (Å²) in [5.74, 6) is -0.292. The molecule has 3 rings (SSSR count). The first-order chi connectivity index (χ1) is 13.0. The first-order valence-electron chi connectivity index (χ1n) is 9.81. The van der Waals surface area contributed by atoms with Gasteiger partial charge in [-0.15, -0.1) is 0 Å². The van der Waals surface area contributed by atoms with E-state index in [1.54, 1.807) is 6.92 Å². The Morgan fingerprint density at radius 3 is 2.78 bits per heavy atom. The van der Waals surface area contributed by atoms with Crippen molar-refractivity contribution in [3.63, 3.8) is 0 Å². The van der Waals surface area contributed by atoms with Gasteiger partial charge in [-0.05, 0) is 44.4 Å². The van der Waals surface area contributed by atoms with Gasteiger partial charge in [0, 0.05) is 42.7 Å². The molecule has 2 amide bonds. The minimum atomic E-state index is -0.323. The van der Waals surface area contributed by atoms with Gasteiger partial charge in [0.05, 0.1) is 0 Å². The quantitative estimate of drug-likeness (QED) is 0.785. The van der Waals surface area contributed by atoms with E-state index in [-0.39, 0.29) is 18.4 Å². The van der Waals surface area contributed by atoms with E-state index in [1.807, 2.05) is 16.7 Å². The summed E-state index contributed by atoms with van der Waals surface area (Å²) in [5.41, 5.74) is 8.93. The Morgan fingerprint density at radius 1 is 1.26 bits per heavy atom. The fourth-order valence-electron chi connectivity index (χ4n) is 4.27. The van der Waals surface area contributed by atoms with Crippen LogP contribution >= 0.6 is 0 Å². The molecule has 27 heavy (non-hydrogen) atoms. The molecule has 0 spiro atoms. The highest BCUT2D eigenvalue weighted by Crippen LogP contribution is 2.30. The summed E-state index contributed by atoms with van der Waals surface area (Å²) < 4.78 is 2.03. The van der Waals surface area contributed by atoms with Crippen LogP contribution in [0.5, 0.6) is 0 Å². The summed E-state index contributed by atoms with van der Waals surface area (Å²) in [6.07, 6.45) is 4.58. The lowest BCUT2D eigenvalue weighted by Crippen LogP contribution is -2.41. The second-order valence-corrected chi connectivity index (χ2v) is 7.53. The number of benzene rings is 1. The molecule has 3 N–H and O–H groups in total. The van der Waals surface area contributed by atoms with Gasteiger partial charge in [-0.3, -0.25) is 14.5 Å². The smallest absolute Gasteiger partial charge is 0.237 e. The van der Waals surface area contributed by atoms with Crippen LogP contribution in [0.2, 0.25) is 0 Å². The molecular formula is C21H30N4O2. The molecule has 1 aliphatic heterocycles. The maximum Gasteiger partial charge on any atom is 0.237 e. The maximum atomic E-state index is 11.5. The number of primary amides is 1. The normalized spacial score (nSPS) is 17.9. The van der Waals surface area contributed by atoms with E-state index in [2.05, 4.69) is 29.3 Å². The van der Waals surface area contributed by atoms with Gasteiger partial charge >= 0.3 is 0 Å². The number of likely N-dealkylation sites (tertiary alicyclic amines) is 1. The van der Waals surface area contributed by atoms with Crippen molar-refractivity contribution in [2.24, 2.45) is 5.73 Å². The number of carbonyl (C=O) groups is 2. The molecule has 2 aromatic rings. The number of hydrogen-bond donors (Lipinski definition) is 2. The topological polar surface area (TPSA) is 80.4 Å². The van der Waals surface area contributed by atoms with Gasteiger partial charge in [0.25, 0.3) is 0 Å². The highest BCUT2D eigenvalue weighted by Gasteiger charge is 2.25. The zero-order valence-electron chi connectivity index (χ0n) is 16.3. The molecule has 1 saturated heterocycles. The van der Waals surface area contributed by atoms with Crippen LogP contribution in [-0.4, -0.2) is 40.4 Å². The zero-order chi connectivity index (χ0) is 19.4. The number of hydrogen-bond acceptors (Lipinski definition) is 3. The highest BCUT2D eigenvalue weighted by atomic mass is 16.1. The molecule has 146 valence electrons. The first kappa shape index (κ1) is 19.4. The molecule has 0 radical (unpaired) electrons. The van der Waals surface area contributed by atoms with Crippen molar-refractivity contribution in [1.29, 1.82) is 0 Å². The Bertz CT molecular complexity index is 827. The molecule has 0 saturated carbocycles. The number of aromatic nitrogens is 1. The average Bonchev–Trinajstić information content (AvgIpc) is 2.88. The summed E-state index contributed by atoms with van der Waals surface area (Å²) >= 11 is 0. The van der Waals surface area contributed by atoms with E-state index in [9.17, 15) is 9.59 Å². The van der Waals surface area contributed by atoms with Crippen LogP contribution in [-0.2, 0) is 22.7 Å². The fourth-order valence-corrected chi connectivity index (χ4v) is 4.27. The van der Waals surface area contributed by atoms with Crippen molar-refractivity contribution in [3.8, 4) is 0 Å². The van der Waals surface area contributed by atoms with Gasteiger partial charge in [0.1, 0.15) is 6.54 Å². The fraction of sp³-hybridized carbons (Fsp3) is 0.524. The zero-order valence-corrected chi connectivity index (χ0v) is 16.3. The average molecular weight is 370 g/mol. The third kappa shape index (κ3) is 4.50.